The number of hydrogen-bond donors (Lipinski definition) is 1. The zero-order chi connectivity index (χ0) is 13.5. The van der Waals surface area contributed by atoms with Gasteiger partial charge in [-0.05, 0) is 31.5 Å². The molecule has 0 amide bonds. The third kappa shape index (κ3) is 4.11. The van der Waals surface area contributed by atoms with Gasteiger partial charge in [0.15, 0.2) is 0 Å². The predicted molar refractivity (Wildman–Crippen MR) is 80.5 cm³/mol. The summed E-state index contributed by atoms with van der Waals surface area (Å²) in [6.45, 7) is 5.39. The maximum absolute atomic E-state index is 4.43. The molecule has 0 fully saturated rings. The molecule has 2 rings (SSSR count). The molecule has 0 aliphatic carbocycles. The van der Waals surface area contributed by atoms with Crippen molar-refractivity contribution in [2.24, 2.45) is 0 Å². The van der Waals surface area contributed by atoms with Gasteiger partial charge in [-0.25, -0.2) is 0 Å². The lowest BCUT2D eigenvalue weighted by molar-refractivity contribution is 0.519. The standard InChI is InChI=1S/C15H21N3S/c1-3-7-17-14(15-11-16-8-9-18-15)10-13-6-5-12(4-2)19-13/h5-6,8-9,11,14,17H,3-4,7,10H2,1-2H3. The smallest absolute Gasteiger partial charge is 0.0759 e. The van der Waals surface area contributed by atoms with Crippen LogP contribution in [0.3, 0.4) is 0 Å². The summed E-state index contributed by atoms with van der Waals surface area (Å²) in [6, 6.07) is 4.73. The van der Waals surface area contributed by atoms with Gasteiger partial charge in [-0.15, -0.1) is 11.3 Å². The Morgan fingerprint density at radius 1 is 1.21 bits per heavy atom. The molecule has 2 aromatic rings. The molecule has 1 N–H and O–H groups in total. The first-order valence-corrected chi connectivity index (χ1v) is 7.72. The second-order valence-corrected chi connectivity index (χ2v) is 5.82. The highest BCUT2D eigenvalue weighted by molar-refractivity contribution is 7.11. The SMILES string of the molecule is CCCNC(Cc1ccc(CC)s1)c1cnccn1. The average Bonchev–Trinajstić information content (AvgIpc) is 2.92. The van der Waals surface area contributed by atoms with Crippen LogP contribution in [0.1, 0.15) is 41.8 Å². The molecule has 0 saturated heterocycles. The van der Waals surface area contributed by atoms with Gasteiger partial charge in [0.2, 0.25) is 0 Å². The largest absolute Gasteiger partial charge is 0.308 e. The van der Waals surface area contributed by atoms with E-state index in [1.807, 2.05) is 17.5 Å². The van der Waals surface area contributed by atoms with Gasteiger partial charge < -0.3 is 5.32 Å². The molecule has 0 bridgehead atoms. The van der Waals surface area contributed by atoms with Crippen LogP contribution in [0, 0.1) is 0 Å². The molecule has 19 heavy (non-hydrogen) atoms. The van der Waals surface area contributed by atoms with E-state index in [9.17, 15) is 0 Å². The molecule has 0 aliphatic rings. The number of nitrogens with one attached hydrogen (secondary N) is 1. The fourth-order valence-electron chi connectivity index (χ4n) is 2.01. The van der Waals surface area contributed by atoms with Crippen LogP contribution in [0.25, 0.3) is 0 Å². The monoisotopic (exact) mass is 275 g/mol. The number of hydrogen-bond acceptors (Lipinski definition) is 4. The molecule has 4 heteroatoms. The van der Waals surface area contributed by atoms with Gasteiger partial charge in [0, 0.05) is 34.8 Å². The number of aryl methyl sites for hydroxylation is 1. The fourth-order valence-corrected chi connectivity index (χ4v) is 3.02. The van der Waals surface area contributed by atoms with Gasteiger partial charge in [-0.3, -0.25) is 9.97 Å². The van der Waals surface area contributed by atoms with Crippen molar-refractivity contribution < 1.29 is 0 Å². The van der Waals surface area contributed by atoms with Crippen molar-refractivity contribution in [3.63, 3.8) is 0 Å². The maximum Gasteiger partial charge on any atom is 0.0759 e. The average molecular weight is 275 g/mol. The van der Waals surface area contributed by atoms with E-state index in [-0.39, 0.29) is 6.04 Å². The van der Waals surface area contributed by atoms with Crippen LogP contribution < -0.4 is 5.32 Å². The Balaban J connectivity index is 2.09. The third-order valence-electron chi connectivity index (χ3n) is 3.05. The lowest BCUT2D eigenvalue weighted by Gasteiger charge is -2.16. The molecule has 102 valence electrons. The first kappa shape index (κ1) is 14.2. The van der Waals surface area contributed by atoms with Crippen LogP contribution in [0.4, 0.5) is 0 Å². The number of thiophene rings is 1. The molecule has 0 saturated carbocycles. The first-order valence-electron chi connectivity index (χ1n) is 6.90. The van der Waals surface area contributed by atoms with Gasteiger partial charge in [0.05, 0.1) is 11.7 Å². The minimum Gasteiger partial charge on any atom is -0.308 e. The van der Waals surface area contributed by atoms with Gasteiger partial charge in [0.1, 0.15) is 0 Å². The van der Waals surface area contributed by atoms with E-state index in [1.54, 1.807) is 12.4 Å². The Hall–Kier alpha value is -1.26. The van der Waals surface area contributed by atoms with Crippen LogP contribution in [0.5, 0.6) is 0 Å². The molecular formula is C15H21N3S. The van der Waals surface area contributed by atoms with Crippen LogP contribution in [-0.2, 0) is 12.8 Å². The fraction of sp³-hybridized carbons (Fsp3) is 0.467. The van der Waals surface area contributed by atoms with Crippen LogP contribution >= 0.6 is 11.3 Å². The molecule has 2 heterocycles. The van der Waals surface area contributed by atoms with Crippen LogP contribution in [-0.4, -0.2) is 16.5 Å². The molecule has 2 aromatic heterocycles. The van der Waals surface area contributed by atoms with Crippen molar-refractivity contribution in [2.75, 3.05) is 6.54 Å². The van der Waals surface area contributed by atoms with E-state index in [4.69, 9.17) is 0 Å². The zero-order valence-electron chi connectivity index (χ0n) is 11.6. The Bertz CT molecular complexity index is 481. The summed E-state index contributed by atoms with van der Waals surface area (Å²) < 4.78 is 0. The van der Waals surface area contributed by atoms with Crippen molar-refractivity contribution in [3.05, 3.63) is 46.2 Å². The quantitative estimate of drug-likeness (QED) is 0.841. The lowest BCUT2D eigenvalue weighted by Crippen LogP contribution is -2.24. The van der Waals surface area contributed by atoms with E-state index >= 15 is 0 Å². The minimum atomic E-state index is 0.261. The summed E-state index contributed by atoms with van der Waals surface area (Å²) in [5.41, 5.74) is 1.03. The van der Waals surface area contributed by atoms with Gasteiger partial charge in [-0.2, -0.15) is 0 Å². The zero-order valence-corrected chi connectivity index (χ0v) is 12.4. The van der Waals surface area contributed by atoms with E-state index < -0.39 is 0 Å². The lowest BCUT2D eigenvalue weighted by atomic mass is 10.1. The Morgan fingerprint density at radius 3 is 2.68 bits per heavy atom. The first-order chi connectivity index (χ1) is 9.33. The highest BCUT2D eigenvalue weighted by atomic mass is 32.1. The van der Waals surface area contributed by atoms with Gasteiger partial charge >= 0.3 is 0 Å². The van der Waals surface area contributed by atoms with E-state index in [0.717, 1.165) is 31.5 Å². The van der Waals surface area contributed by atoms with E-state index in [2.05, 4.69) is 41.3 Å². The molecule has 0 radical (unpaired) electrons. The maximum atomic E-state index is 4.43. The van der Waals surface area contributed by atoms with Crippen molar-refractivity contribution in [3.8, 4) is 0 Å². The second kappa shape index (κ2) is 7.36. The van der Waals surface area contributed by atoms with Gasteiger partial charge in [-0.1, -0.05) is 13.8 Å². The highest BCUT2D eigenvalue weighted by Crippen LogP contribution is 2.23. The summed E-state index contributed by atoms with van der Waals surface area (Å²) in [5, 5.41) is 3.57. The van der Waals surface area contributed by atoms with Crippen molar-refractivity contribution >= 4 is 11.3 Å². The van der Waals surface area contributed by atoms with Crippen molar-refractivity contribution in [2.45, 2.75) is 39.2 Å². The summed E-state index contributed by atoms with van der Waals surface area (Å²) in [5.74, 6) is 0. The molecule has 1 unspecified atom stereocenters. The molecule has 3 nitrogen and oxygen atoms in total. The normalized spacial score (nSPS) is 12.5. The van der Waals surface area contributed by atoms with Crippen molar-refractivity contribution in [1.82, 2.24) is 15.3 Å². The molecule has 0 aliphatic heterocycles. The van der Waals surface area contributed by atoms with Crippen LogP contribution in [0.2, 0.25) is 0 Å². The van der Waals surface area contributed by atoms with Crippen molar-refractivity contribution in [1.29, 1.82) is 0 Å². The molecule has 1 atom stereocenters. The topological polar surface area (TPSA) is 37.8 Å². The summed E-state index contributed by atoms with van der Waals surface area (Å²) >= 11 is 1.90. The Labute approximate surface area is 119 Å². The number of rotatable bonds is 7. The predicted octanol–water partition coefficient (Wildman–Crippen LogP) is 3.38. The molecular weight excluding hydrogens is 254 g/mol. The highest BCUT2D eigenvalue weighted by Gasteiger charge is 2.14. The van der Waals surface area contributed by atoms with Crippen LogP contribution in [0.15, 0.2) is 30.7 Å². The van der Waals surface area contributed by atoms with E-state index in [0.29, 0.717) is 0 Å². The Kier molecular flexibility index (Phi) is 5.48. The molecule has 0 spiro atoms. The minimum absolute atomic E-state index is 0.261. The van der Waals surface area contributed by atoms with E-state index in [1.165, 1.54) is 9.75 Å². The molecule has 0 aromatic carbocycles. The Morgan fingerprint density at radius 2 is 2.05 bits per heavy atom. The second-order valence-electron chi connectivity index (χ2n) is 4.56. The number of aromatic nitrogens is 2. The number of nitrogens with zero attached hydrogens (tertiary/aromatic N) is 2. The van der Waals surface area contributed by atoms with Gasteiger partial charge in [0.25, 0.3) is 0 Å². The summed E-state index contributed by atoms with van der Waals surface area (Å²) in [7, 11) is 0. The third-order valence-corrected chi connectivity index (χ3v) is 4.30. The summed E-state index contributed by atoms with van der Waals surface area (Å²) in [6.07, 6.45) is 8.58. The summed E-state index contributed by atoms with van der Waals surface area (Å²) in [4.78, 5) is 11.5.